The van der Waals surface area contributed by atoms with Crippen LogP contribution in [-0.4, -0.2) is 27.1 Å². The molecule has 0 saturated carbocycles. The van der Waals surface area contributed by atoms with E-state index in [-0.39, 0.29) is 0 Å². The summed E-state index contributed by atoms with van der Waals surface area (Å²) >= 11 is 7.49. The van der Waals surface area contributed by atoms with Crippen LogP contribution in [0.15, 0.2) is 47.6 Å². The first kappa shape index (κ1) is 19.6. The molecule has 5 nitrogen and oxygen atoms in total. The Bertz CT molecular complexity index is 897. The minimum absolute atomic E-state index is 0.352. The summed E-state index contributed by atoms with van der Waals surface area (Å²) in [6.07, 6.45) is 0. The zero-order chi connectivity index (χ0) is 19.2. The highest BCUT2D eigenvalue weighted by atomic mass is 35.5. The topological polar surface area (TPSA) is 49.2 Å². The first-order chi connectivity index (χ1) is 13.0. The molecule has 0 bridgehead atoms. The van der Waals surface area contributed by atoms with Crippen LogP contribution in [0.3, 0.4) is 0 Å². The van der Waals surface area contributed by atoms with Crippen molar-refractivity contribution in [3.8, 4) is 11.5 Å². The molecule has 0 fully saturated rings. The fourth-order valence-corrected chi connectivity index (χ4v) is 3.30. The zero-order valence-corrected chi connectivity index (χ0v) is 17.2. The van der Waals surface area contributed by atoms with E-state index < -0.39 is 0 Å². The number of benzene rings is 2. The van der Waals surface area contributed by atoms with Crippen molar-refractivity contribution in [2.45, 2.75) is 25.6 Å². The highest BCUT2D eigenvalue weighted by Gasteiger charge is 2.10. The molecule has 3 aromatic rings. The Kier molecular flexibility index (Phi) is 6.63. The van der Waals surface area contributed by atoms with Gasteiger partial charge in [0.2, 0.25) is 0 Å². The molecule has 0 aliphatic rings. The molecule has 0 saturated heterocycles. The van der Waals surface area contributed by atoms with Crippen molar-refractivity contribution in [1.29, 1.82) is 0 Å². The van der Waals surface area contributed by atoms with E-state index in [2.05, 4.69) is 42.2 Å². The molecule has 1 aromatic heterocycles. The number of ether oxygens (including phenoxy) is 2. The molecule has 0 amide bonds. The summed E-state index contributed by atoms with van der Waals surface area (Å²) in [7, 11) is 1.94. The summed E-state index contributed by atoms with van der Waals surface area (Å²) in [5.41, 5.74) is 2.34. The maximum Gasteiger partial charge on any atom is 0.191 e. The predicted molar refractivity (Wildman–Crippen MR) is 109 cm³/mol. The quantitative estimate of drug-likeness (QED) is 0.398. The van der Waals surface area contributed by atoms with Crippen LogP contribution >= 0.6 is 23.4 Å². The lowest BCUT2D eigenvalue weighted by Crippen LogP contribution is -2.05. The molecule has 0 radical (unpaired) electrons. The molecule has 1 heterocycles. The van der Waals surface area contributed by atoms with Gasteiger partial charge in [-0.15, -0.1) is 10.2 Å². The molecule has 7 heteroatoms. The third kappa shape index (κ3) is 5.40. The van der Waals surface area contributed by atoms with Crippen LogP contribution in [0.5, 0.6) is 11.5 Å². The van der Waals surface area contributed by atoms with Crippen molar-refractivity contribution in [3.05, 3.63) is 64.4 Å². The summed E-state index contributed by atoms with van der Waals surface area (Å²) in [4.78, 5) is 0. The van der Waals surface area contributed by atoms with Crippen molar-refractivity contribution < 1.29 is 9.47 Å². The first-order valence-electron chi connectivity index (χ1n) is 8.62. The Balaban J connectivity index is 1.48. The van der Waals surface area contributed by atoms with Crippen LogP contribution in [0.1, 0.15) is 17.0 Å². The van der Waals surface area contributed by atoms with Gasteiger partial charge < -0.3 is 14.0 Å². The number of nitrogens with zero attached hydrogens (tertiary/aromatic N) is 3. The van der Waals surface area contributed by atoms with Gasteiger partial charge in [-0.2, -0.15) is 0 Å². The van der Waals surface area contributed by atoms with Crippen molar-refractivity contribution >= 4 is 23.4 Å². The molecule has 142 valence electrons. The smallest absolute Gasteiger partial charge is 0.191 e. The Morgan fingerprint density at radius 1 is 1.04 bits per heavy atom. The standard InChI is InChI=1S/C20H22ClN3O2S/c1-14-4-5-15(2)18(12-14)25-10-11-27-20-23-22-19(24(20)3)13-26-17-8-6-16(21)7-9-17/h4-9,12H,10-11,13H2,1-3H3. The number of rotatable bonds is 8. The van der Waals surface area contributed by atoms with Gasteiger partial charge in [-0.05, 0) is 55.3 Å². The highest BCUT2D eigenvalue weighted by Crippen LogP contribution is 2.21. The van der Waals surface area contributed by atoms with Gasteiger partial charge in [-0.1, -0.05) is 35.5 Å². The second kappa shape index (κ2) is 9.15. The average molecular weight is 404 g/mol. The largest absolute Gasteiger partial charge is 0.492 e. The van der Waals surface area contributed by atoms with Gasteiger partial charge in [0.25, 0.3) is 0 Å². The third-order valence-electron chi connectivity index (χ3n) is 4.02. The molecule has 0 aliphatic carbocycles. The Morgan fingerprint density at radius 2 is 1.81 bits per heavy atom. The van der Waals surface area contributed by atoms with E-state index in [1.165, 1.54) is 5.56 Å². The van der Waals surface area contributed by atoms with Crippen LogP contribution in [0.25, 0.3) is 0 Å². The van der Waals surface area contributed by atoms with Gasteiger partial charge in [0.1, 0.15) is 18.1 Å². The Morgan fingerprint density at radius 3 is 2.59 bits per heavy atom. The van der Waals surface area contributed by atoms with Gasteiger partial charge in [-0.25, -0.2) is 0 Å². The first-order valence-corrected chi connectivity index (χ1v) is 9.99. The lowest BCUT2D eigenvalue weighted by molar-refractivity contribution is 0.290. The van der Waals surface area contributed by atoms with E-state index >= 15 is 0 Å². The maximum absolute atomic E-state index is 5.89. The fourth-order valence-electron chi connectivity index (χ4n) is 2.42. The molecule has 0 N–H and O–H groups in total. The lowest BCUT2D eigenvalue weighted by Gasteiger charge is -2.10. The number of thioether (sulfide) groups is 1. The van der Waals surface area contributed by atoms with Gasteiger partial charge in [-0.3, -0.25) is 0 Å². The van der Waals surface area contributed by atoms with Crippen molar-refractivity contribution in [1.82, 2.24) is 14.8 Å². The molecule has 3 rings (SSSR count). The average Bonchev–Trinajstić information content (AvgIpc) is 3.01. The van der Waals surface area contributed by atoms with Crippen LogP contribution in [-0.2, 0) is 13.7 Å². The summed E-state index contributed by atoms with van der Waals surface area (Å²) < 4.78 is 13.6. The molecule has 0 atom stereocenters. The highest BCUT2D eigenvalue weighted by molar-refractivity contribution is 7.99. The Labute approximate surface area is 168 Å². The van der Waals surface area contributed by atoms with Crippen LogP contribution in [0.2, 0.25) is 5.02 Å². The normalized spacial score (nSPS) is 10.8. The van der Waals surface area contributed by atoms with E-state index in [9.17, 15) is 0 Å². The van der Waals surface area contributed by atoms with Gasteiger partial charge in [0.15, 0.2) is 11.0 Å². The molecule has 2 aromatic carbocycles. The Hall–Kier alpha value is -2.18. The number of hydrogen-bond donors (Lipinski definition) is 0. The van der Waals surface area contributed by atoms with Crippen molar-refractivity contribution in [2.24, 2.45) is 7.05 Å². The fraction of sp³-hybridized carbons (Fsp3) is 0.300. The van der Waals surface area contributed by atoms with E-state index in [0.29, 0.717) is 18.2 Å². The van der Waals surface area contributed by atoms with Crippen LogP contribution < -0.4 is 9.47 Å². The number of hydrogen-bond acceptors (Lipinski definition) is 5. The molecule has 0 aliphatic heterocycles. The molecule has 27 heavy (non-hydrogen) atoms. The minimum Gasteiger partial charge on any atom is -0.492 e. The second-order valence-corrected chi connectivity index (χ2v) is 7.66. The lowest BCUT2D eigenvalue weighted by atomic mass is 10.1. The van der Waals surface area contributed by atoms with E-state index in [4.69, 9.17) is 21.1 Å². The van der Waals surface area contributed by atoms with Gasteiger partial charge in [0, 0.05) is 17.8 Å². The maximum atomic E-state index is 5.89. The summed E-state index contributed by atoms with van der Waals surface area (Å²) in [6.45, 7) is 5.08. The summed E-state index contributed by atoms with van der Waals surface area (Å²) in [5.74, 6) is 3.24. The number of aryl methyl sites for hydroxylation is 2. The molecular weight excluding hydrogens is 382 g/mol. The summed E-state index contributed by atoms with van der Waals surface area (Å²) in [5, 5.41) is 9.97. The van der Waals surface area contributed by atoms with E-state index in [1.54, 1.807) is 23.9 Å². The van der Waals surface area contributed by atoms with E-state index in [1.807, 2.05) is 23.7 Å². The number of aromatic nitrogens is 3. The predicted octanol–water partition coefficient (Wildman–Crippen LogP) is 4.84. The van der Waals surface area contributed by atoms with Crippen LogP contribution in [0.4, 0.5) is 0 Å². The monoisotopic (exact) mass is 403 g/mol. The minimum atomic E-state index is 0.352. The van der Waals surface area contributed by atoms with Crippen molar-refractivity contribution in [3.63, 3.8) is 0 Å². The number of halogens is 1. The summed E-state index contributed by atoms with van der Waals surface area (Å²) in [6, 6.07) is 13.5. The SMILES string of the molecule is Cc1ccc(C)c(OCCSc2nnc(COc3ccc(Cl)cc3)n2C)c1. The second-order valence-electron chi connectivity index (χ2n) is 6.17. The molecular formula is C20H22ClN3O2S. The molecule has 0 unspecified atom stereocenters. The van der Waals surface area contributed by atoms with Crippen LogP contribution in [0, 0.1) is 13.8 Å². The van der Waals surface area contributed by atoms with Gasteiger partial charge in [0.05, 0.1) is 6.61 Å². The van der Waals surface area contributed by atoms with Crippen molar-refractivity contribution in [2.75, 3.05) is 12.4 Å². The van der Waals surface area contributed by atoms with E-state index in [0.717, 1.165) is 33.8 Å². The van der Waals surface area contributed by atoms with Gasteiger partial charge >= 0.3 is 0 Å². The molecule has 0 spiro atoms. The third-order valence-corrected chi connectivity index (χ3v) is 5.26. The zero-order valence-electron chi connectivity index (χ0n) is 15.6.